The van der Waals surface area contributed by atoms with E-state index in [1.165, 1.54) is 11.7 Å². The number of carbonyl (C=O) groups is 1. The molecule has 0 aromatic carbocycles. The van der Waals surface area contributed by atoms with Gasteiger partial charge >= 0.3 is 5.97 Å². The van der Waals surface area contributed by atoms with Crippen molar-refractivity contribution in [2.45, 2.75) is 26.7 Å². The maximum absolute atomic E-state index is 11.8. The summed E-state index contributed by atoms with van der Waals surface area (Å²) in [5, 5.41) is 0. The lowest BCUT2D eigenvalue weighted by Crippen LogP contribution is -2.37. The Labute approximate surface area is 127 Å². The quantitative estimate of drug-likeness (QED) is 0.810. The normalized spacial score (nSPS) is 16.4. The van der Waals surface area contributed by atoms with E-state index in [9.17, 15) is 4.79 Å². The number of ether oxygens (including phenoxy) is 1. The minimum absolute atomic E-state index is 0.0215. The Balaban J connectivity index is 1.77. The predicted octanol–water partition coefficient (Wildman–Crippen LogP) is 2.17. The smallest absolute Gasteiger partial charge is 0.309 e. The first-order valence-corrected chi connectivity index (χ1v) is 7.93. The fraction of sp³-hybridized carbons (Fsp3) is 0.571. The van der Waals surface area contributed by atoms with E-state index in [2.05, 4.69) is 24.7 Å². The van der Waals surface area contributed by atoms with Gasteiger partial charge in [-0.25, -0.2) is 4.98 Å². The molecule has 1 fully saturated rings. The first kappa shape index (κ1) is 14.2. The van der Waals surface area contributed by atoms with Crippen molar-refractivity contribution in [3.05, 3.63) is 11.8 Å². The van der Waals surface area contributed by atoms with Crippen LogP contribution in [-0.2, 0) is 9.53 Å². The van der Waals surface area contributed by atoms with Crippen LogP contribution in [0.3, 0.4) is 0 Å². The van der Waals surface area contributed by atoms with Gasteiger partial charge < -0.3 is 9.64 Å². The molecule has 3 rings (SSSR count). The molecule has 21 heavy (non-hydrogen) atoms. The topological polar surface area (TPSA) is 68.2 Å². The van der Waals surface area contributed by atoms with Gasteiger partial charge in [0.15, 0.2) is 5.65 Å². The SMILES string of the molecule is CCOC(=O)C1CCN(c2cc(C)nc3nsnc23)CC1. The van der Waals surface area contributed by atoms with E-state index < -0.39 is 0 Å². The minimum atomic E-state index is -0.0662. The van der Waals surface area contributed by atoms with Gasteiger partial charge in [-0.1, -0.05) is 0 Å². The Morgan fingerprint density at radius 3 is 2.90 bits per heavy atom. The van der Waals surface area contributed by atoms with Gasteiger partial charge in [0.2, 0.25) is 0 Å². The molecule has 3 heterocycles. The Morgan fingerprint density at radius 1 is 1.43 bits per heavy atom. The van der Waals surface area contributed by atoms with Gasteiger partial charge in [-0.15, -0.1) is 0 Å². The number of rotatable bonds is 3. The highest BCUT2D eigenvalue weighted by atomic mass is 32.1. The van der Waals surface area contributed by atoms with Crippen molar-refractivity contribution in [3.63, 3.8) is 0 Å². The monoisotopic (exact) mass is 306 g/mol. The third-order valence-electron chi connectivity index (χ3n) is 3.80. The summed E-state index contributed by atoms with van der Waals surface area (Å²) in [6.45, 7) is 5.93. The van der Waals surface area contributed by atoms with Crippen molar-refractivity contribution >= 4 is 34.5 Å². The summed E-state index contributed by atoms with van der Waals surface area (Å²) in [5.74, 6) is -0.0447. The van der Waals surface area contributed by atoms with Crippen molar-refractivity contribution < 1.29 is 9.53 Å². The molecule has 1 aliphatic rings. The highest BCUT2D eigenvalue weighted by molar-refractivity contribution is 7.00. The molecule has 6 nitrogen and oxygen atoms in total. The molecule has 0 N–H and O–H groups in total. The molecule has 1 saturated heterocycles. The molecular weight excluding hydrogens is 288 g/mol. The molecule has 2 aromatic heterocycles. The van der Waals surface area contributed by atoms with Crippen LogP contribution >= 0.6 is 11.7 Å². The lowest BCUT2D eigenvalue weighted by molar-refractivity contribution is -0.148. The van der Waals surface area contributed by atoms with Crippen LogP contribution in [0.4, 0.5) is 5.69 Å². The Bertz CT molecular complexity index is 649. The number of hydrogen-bond donors (Lipinski definition) is 0. The second-order valence-corrected chi connectivity index (χ2v) is 5.76. The van der Waals surface area contributed by atoms with Gasteiger partial charge in [-0.2, -0.15) is 8.75 Å². The average molecular weight is 306 g/mol. The zero-order chi connectivity index (χ0) is 14.8. The molecule has 0 saturated carbocycles. The van der Waals surface area contributed by atoms with E-state index in [1.807, 2.05) is 13.8 Å². The van der Waals surface area contributed by atoms with Crippen LogP contribution in [0.15, 0.2) is 6.07 Å². The summed E-state index contributed by atoms with van der Waals surface area (Å²) in [5.41, 5.74) is 3.59. The number of hydrogen-bond acceptors (Lipinski definition) is 7. The molecule has 112 valence electrons. The molecule has 0 spiro atoms. The molecule has 0 amide bonds. The Kier molecular flexibility index (Phi) is 4.01. The Hall–Kier alpha value is -1.76. The first-order chi connectivity index (χ1) is 10.2. The van der Waals surface area contributed by atoms with Crippen LogP contribution in [-0.4, -0.2) is 39.4 Å². The molecule has 1 aliphatic heterocycles. The molecule has 0 radical (unpaired) electrons. The second kappa shape index (κ2) is 5.93. The van der Waals surface area contributed by atoms with E-state index in [1.54, 1.807) is 0 Å². The summed E-state index contributed by atoms with van der Waals surface area (Å²) in [4.78, 5) is 18.5. The van der Waals surface area contributed by atoms with E-state index in [0.29, 0.717) is 12.3 Å². The highest BCUT2D eigenvalue weighted by Gasteiger charge is 2.27. The van der Waals surface area contributed by atoms with Crippen molar-refractivity contribution in [1.82, 2.24) is 13.7 Å². The zero-order valence-corrected chi connectivity index (χ0v) is 13.0. The van der Waals surface area contributed by atoms with Crippen molar-refractivity contribution in [2.24, 2.45) is 5.92 Å². The number of pyridine rings is 1. The maximum Gasteiger partial charge on any atom is 0.309 e. The summed E-state index contributed by atoms with van der Waals surface area (Å²) < 4.78 is 13.7. The van der Waals surface area contributed by atoms with Crippen LogP contribution in [0.2, 0.25) is 0 Å². The fourth-order valence-corrected chi connectivity index (χ4v) is 3.24. The number of carbonyl (C=O) groups excluding carboxylic acids is 1. The standard InChI is InChI=1S/C14H18N4O2S/c1-3-20-14(19)10-4-6-18(7-5-10)11-8-9(2)15-13-12(11)16-21-17-13/h8,10H,3-7H2,1-2H3. The van der Waals surface area contributed by atoms with Gasteiger partial charge in [0.05, 0.1) is 29.9 Å². The van der Waals surface area contributed by atoms with Crippen LogP contribution in [0.25, 0.3) is 11.2 Å². The van der Waals surface area contributed by atoms with Gasteiger partial charge in [-0.05, 0) is 32.8 Å². The molecule has 0 unspecified atom stereocenters. The summed E-state index contributed by atoms with van der Waals surface area (Å²) in [6, 6.07) is 2.05. The molecule has 2 aromatic rings. The third-order valence-corrected chi connectivity index (χ3v) is 4.32. The van der Waals surface area contributed by atoms with Crippen molar-refractivity contribution in [3.8, 4) is 0 Å². The van der Waals surface area contributed by atoms with Crippen molar-refractivity contribution in [2.75, 3.05) is 24.6 Å². The molecule has 0 atom stereocenters. The van der Waals surface area contributed by atoms with Crippen LogP contribution < -0.4 is 4.90 Å². The number of anilines is 1. The lowest BCUT2D eigenvalue weighted by atomic mass is 9.96. The summed E-state index contributed by atoms with van der Waals surface area (Å²) in [7, 11) is 0. The van der Waals surface area contributed by atoms with Gasteiger partial charge in [-0.3, -0.25) is 4.79 Å². The second-order valence-electron chi connectivity index (χ2n) is 5.23. The number of aryl methyl sites for hydroxylation is 1. The Morgan fingerprint density at radius 2 is 2.19 bits per heavy atom. The van der Waals surface area contributed by atoms with E-state index in [-0.39, 0.29) is 11.9 Å². The highest BCUT2D eigenvalue weighted by Crippen LogP contribution is 2.29. The molecular formula is C14H18N4O2S. The van der Waals surface area contributed by atoms with Crippen LogP contribution in [0.5, 0.6) is 0 Å². The van der Waals surface area contributed by atoms with E-state index in [0.717, 1.165) is 42.8 Å². The molecule has 0 bridgehead atoms. The van der Waals surface area contributed by atoms with Crippen LogP contribution in [0.1, 0.15) is 25.5 Å². The van der Waals surface area contributed by atoms with Gasteiger partial charge in [0, 0.05) is 18.8 Å². The van der Waals surface area contributed by atoms with E-state index >= 15 is 0 Å². The lowest BCUT2D eigenvalue weighted by Gasteiger charge is -2.32. The van der Waals surface area contributed by atoms with Gasteiger partial charge in [0.1, 0.15) is 5.52 Å². The van der Waals surface area contributed by atoms with Crippen LogP contribution in [0, 0.1) is 12.8 Å². The summed E-state index contributed by atoms with van der Waals surface area (Å²) >= 11 is 1.19. The minimum Gasteiger partial charge on any atom is -0.466 e. The zero-order valence-electron chi connectivity index (χ0n) is 12.2. The average Bonchev–Trinajstić information content (AvgIpc) is 2.95. The number of nitrogens with zero attached hydrogens (tertiary/aromatic N) is 4. The fourth-order valence-electron chi connectivity index (χ4n) is 2.74. The number of piperidine rings is 1. The molecule has 0 aliphatic carbocycles. The van der Waals surface area contributed by atoms with Crippen molar-refractivity contribution in [1.29, 1.82) is 0 Å². The van der Waals surface area contributed by atoms with Gasteiger partial charge in [0.25, 0.3) is 0 Å². The van der Waals surface area contributed by atoms with E-state index in [4.69, 9.17) is 4.74 Å². The maximum atomic E-state index is 11.8. The number of esters is 1. The summed E-state index contributed by atoms with van der Waals surface area (Å²) in [6.07, 6.45) is 1.64. The number of aromatic nitrogens is 3. The first-order valence-electron chi connectivity index (χ1n) is 7.20. The third kappa shape index (κ3) is 2.83. The molecule has 7 heteroatoms. The number of fused-ring (bicyclic) bond motifs is 1. The predicted molar refractivity (Wildman–Crippen MR) is 81.5 cm³/mol. The largest absolute Gasteiger partial charge is 0.466 e.